The van der Waals surface area contributed by atoms with E-state index in [2.05, 4.69) is 65.4 Å². The smallest absolute Gasteiger partial charge is 0.158 e. The van der Waals surface area contributed by atoms with Crippen molar-refractivity contribution < 1.29 is 0 Å². The molecule has 1 aliphatic heterocycles. The van der Waals surface area contributed by atoms with Crippen LogP contribution in [0, 0.1) is 6.92 Å². The van der Waals surface area contributed by atoms with Crippen molar-refractivity contribution in [3.8, 4) is 11.3 Å². The molecular formula is C19H23N5. The molecule has 5 heteroatoms. The molecule has 1 aromatic carbocycles. The fourth-order valence-corrected chi connectivity index (χ4v) is 3.43. The average Bonchev–Trinajstić information content (AvgIpc) is 3.20. The van der Waals surface area contributed by atoms with Gasteiger partial charge < -0.3 is 9.80 Å². The molecule has 24 heavy (non-hydrogen) atoms. The van der Waals surface area contributed by atoms with E-state index >= 15 is 0 Å². The Labute approximate surface area is 142 Å². The van der Waals surface area contributed by atoms with Crippen LogP contribution in [0.1, 0.15) is 12.1 Å². The van der Waals surface area contributed by atoms with Crippen LogP contribution in [0.5, 0.6) is 0 Å². The van der Waals surface area contributed by atoms with Crippen LogP contribution in [-0.2, 0) is 0 Å². The van der Waals surface area contributed by atoms with Crippen LogP contribution in [0.2, 0.25) is 0 Å². The number of fused-ring (bicyclic) bond motifs is 1. The van der Waals surface area contributed by atoms with Gasteiger partial charge in [0, 0.05) is 36.8 Å². The summed E-state index contributed by atoms with van der Waals surface area (Å²) in [5, 5.41) is 4.66. The topological polar surface area (TPSA) is 36.7 Å². The first-order chi connectivity index (χ1) is 11.6. The minimum Gasteiger partial charge on any atom is -0.355 e. The molecule has 1 aliphatic rings. The maximum atomic E-state index is 4.82. The third kappa shape index (κ3) is 2.65. The van der Waals surface area contributed by atoms with Crippen LogP contribution >= 0.6 is 0 Å². The van der Waals surface area contributed by atoms with Crippen molar-refractivity contribution in [2.24, 2.45) is 0 Å². The molecule has 1 fully saturated rings. The Balaban J connectivity index is 1.81. The quantitative estimate of drug-likeness (QED) is 0.743. The number of aromatic nitrogens is 3. The summed E-state index contributed by atoms with van der Waals surface area (Å²) < 4.78 is 1.99. The van der Waals surface area contributed by atoms with E-state index in [-0.39, 0.29) is 0 Å². The number of likely N-dealkylation sites (N-methyl/N-ethyl adjacent to an activating group) is 1. The number of rotatable bonds is 3. The van der Waals surface area contributed by atoms with E-state index in [0.29, 0.717) is 6.04 Å². The van der Waals surface area contributed by atoms with Crippen molar-refractivity contribution in [1.82, 2.24) is 19.5 Å². The van der Waals surface area contributed by atoms with Crippen molar-refractivity contribution in [1.29, 1.82) is 0 Å². The Hall–Kier alpha value is -2.40. The lowest BCUT2D eigenvalue weighted by molar-refractivity contribution is 0.315. The highest BCUT2D eigenvalue weighted by Gasteiger charge is 2.26. The van der Waals surface area contributed by atoms with Gasteiger partial charge in [-0.3, -0.25) is 0 Å². The Morgan fingerprint density at radius 3 is 2.62 bits per heavy atom. The number of hydrogen-bond donors (Lipinski definition) is 0. The molecule has 4 rings (SSSR count). The van der Waals surface area contributed by atoms with Gasteiger partial charge in [-0.15, -0.1) is 0 Å². The van der Waals surface area contributed by atoms with Gasteiger partial charge >= 0.3 is 0 Å². The summed E-state index contributed by atoms with van der Waals surface area (Å²) in [7, 11) is 4.31. The lowest BCUT2D eigenvalue weighted by Gasteiger charge is -2.22. The van der Waals surface area contributed by atoms with Crippen LogP contribution in [0.3, 0.4) is 0 Å². The molecule has 0 radical (unpaired) electrons. The summed E-state index contributed by atoms with van der Waals surface area (Å²) in [6.07, 6.45) is 1.18. The number of hydrogen-bond acceptors (Lipinski definition) is 4. The minimum atomic E-state index is 0.588. The summed E-state index contributed by atoms with van der Waals surface area (Å²) in [4.78, 5) is 9.56. The Morgan fingerprint density at radius 1 is 1.12 bits per heavy atom. The summed E-state index contributed by atoms with van der Waals surface area (Å²) in [5.74, 6) is 1.14. The highest BCUT2D eigenvalue weighted by atomic mass is 15.4. The van der Waals surface area contributed by atoms with Gasteiger partial charge in [-0.25, -0.2) is 4.98 Å². The van der Waals surface area contributed by atoms with E-state index in [4.69, 9.17) is 4.98 Å². The Bertz CT molecular complexity index is 853. The second-order valence-electron chi connectivity index (χ2n) is 6.77. The maximum absolute atomic E-state index is 4.82. The van der Waals surface area contributed by atoms with Crippen LogP contribution < -0.4 is 4.90 Å². The molecule has 3 aromatic rings. The zero-order chi connectivity index (χ0) is 16.7. The molecule has 1 saturated heterocycles. The van der Waals surface area contributed by atoms with Crippen molar-refractivity contribution >= 4 is 11.5 Å². The van der Waals surface area contributed by atoms with Crippen molar-refractivity contribution in [3.05, 3.63) is 48.2 Å². The molecule has 124 valence electrons. The van der Waals surface area contributed by atoms with Gasteiger partial charge in [0.25, 0.3) is 0 Å². The first kappa shape index (κ1) is 15.1. The fraction of sp³-hybridized carbons (Fsp3) is 0.368. The zero-order valence-corrected chi connectivity index (χ0v) is 14.5. The van der Waals surface area contributed by atoms with Gasteiger partial charge in [-0.1, -0.05) is 30.3 Å². The van der Waals surface area contributed by atoms with Crippen LogP contribution in [0.25, 0.3) is 16.9 Å². The average molecular weight is 321 g/mol. The zero-order valence-electron chi connectivity index (χ0n) is 14.5. The normalized spacial score (nSPS) is 18.0. The molecule has 5 nitrogen and oxygen atoms in total. The first-order valence-corrected chi connectivity index (χ1v) is 8.46. The monoisotopic (exact) mass is 321 g/mol. The predicted octanol–water partition coefficient (Wildman–Crippen LogP) is 2.85. The Kier molecular flexibility index (Phi) is 3.73. The largest absolute Gasteiger partial charge is 0.355 e. The van der Waals surface area contributed by atoms with Gasteiger partial charge in [0.2, 0.25) is 0 Å². The summed E-state index contributed by atoms with van der Waals surface area (Å²) >= 11 is 0. The third-order valence-corrected chi connectivity index (χ3v) is 4.82. The van der Waals surface area contributed by atoms with E-state index in [1.807, 2.05) is 17.5 Å². The van der Waals surface area contributed by atoms with E-state index in [0.717, 1.165) is 41.5 Å². The van der Waals surface area contributed by atoms with Gasteiger partial charge in [0.05, 0.1) is 11.4 Å². The van der Waals surface area contributed by atoms with Crippen LogP contribution in [0.4, 0.5) is 5.82 Å². The van der Waals surface area contributed by atoms with Gasteiger partial charge in [-0.2, -0.15) is 9.61 Å². The SMILES string of the molecule is Cc1cc2nc(-c3ccccc3)cc(N3CC[C@H](N(C)C)C3)n2n1. The van der Waals surface area contributed by atoms with E-state index in [9.17, 15) is 0 Å². The van der Waals surface area contributed by atoms with E-state index in [1.165, 1.54) is 6.42 Å². The summed E-state index contributed by atoms with van der Waals surface area (Å²) in [6, 6.07) is 15.2. The number of nitrogens with zero attached hydrogens (tertiary/aromatic N) is 5. The summed E-state index contributed by atoms with van der Waals surface area (Å²) in [6.45, 7) is 4.10. The standard InChI is InChI=1S/C19H23N5/c1-14-11-18-20-17(15-7-5-4-6-8-15)12-19(24(18)21-14)23-10-9-16(13-23)22(2)3/h4-8,11-12,16H,9-10,13H2,1-3H3/t16-/m0/s1. The van der Waals surface area contributed by atoms with Crippen LogP contribution in [0.15, 0.2) is 42.5 Å². The fourth-order valence-electron chi connectivity index (χ4n) is 3.43. The van der Waals surface area contributed by atoms with Gasteiger partial charge in [0.1, 0.15) is 5.82 Å². The van der Waals surface area contributed by atoms with Crippen molar-refractivity contribution in [2.75, 3.05) is 32.1 Å². The molecule has 0 N–H and O–H groups in total. The molecule has 0 saturated carbocycles. The molecular weight excluding hydrogens is 298 g/mol. The highest BCUT2D eigenvalue weighted by Crippen LogP contribution is 2.27. The lowest BCUT2D eigenvalue weighted by atomic mass is 10.1. The predicted molar refractivity (Wildman–Crippen MR) is 97.5 cm³/mol. The maximum Gasteiger partial charge on any atom is 0.158 e. The second-order valence-corrected chi connectivity index (χ2v) is 6.77. The first-order valence-electron chi connectivity index (χ1n) is 8.46. The highest BCUT2D eigenvalue weighted by molar-refractivity contribution is 5.67. The molecule has 2 aromatic heterocycles. The number of aryl methyl sites for hydroxylation is 1. The number of anilines is 1. The van der Waals surface area contributed by atoms with E-state index in [1.54, 1.807) is 0 Å². The molecule has 0 aliphatic carbocycles. The number of benzene rings is 1. The van der Waals surface area contributed by atoms with Gasteiger partial charge in [-0.05, 0) is 27.4 Å². The second kappa shape index (κ2) is 5.91. The van der Waals surface area contributed by atoms with E-state index < -0.39 is 0 Å². The van der Waals surface area contributed by atoms with Gasteiger partial charge in [0.15, 0.2) is 5.65 Å². The summed E-state index contributed by atoms with van der Waals surface area (Å²) in [5.41, 5.74) is 4.06. The molecule has 0 spiro atoms. The molecule has 3 heterocycles. The van der Waals surface area contributed by atoms with Crippen molar-refractivity contribution in [3.63, 3.8) is 0 Å². The third-order valence-electron chi connectivity index (χ3n) is 4.82. The minimum absolute atomic E-state index is 0.588. The van der Waals surface area contributed by atoms with Crippen LogP contribution in [-0.4, -0.2) is 52.7 Å². The Morgan fingerprint density at radius 2 is 1.92 bits per heavy atom. The lowest BCUT2D eigenvalue weighted by Crippen LogP contribution is -2.32. The van der Waals surface area contributed by atoms with Crippen molar-refractivity contribution in [2.45, 2.75) is 19.4 Å². The molecule has 0 unspecified atom stereocenters. The molecule has 0 amide bonds. The molecule has 0 bridgehead atoms. The molecule has 1 atom stereocenters.